The van der Waals surface area contributed by atoms with Crippen molar-refractivity contribution in [2.24, 2.45) is 0 Å². The molecular formula is C27H24N2O5S. The van der Waals surface area contributed by atoms with Gasteiger partial charge < -0.3 is 14.7 Å². The van der Waals surface area contributed by atoms with Gasteiger partial charge in [-0.3, -0.25) is 14.9 Å². The van der Waals surface area contributed by atoms with Gasteiger partial charge in [-0.2, -0.15) is 0 Å². The average molecular weight is 489 g/mol. The number of benzene rings is 3. The van der Waals surface area contributed by atoms with Crippen molar-refractivity contribution in [1.29, 1.82) is 0 Å². The largest absolute Gasteiger partial charge is 0.480 e. The van der Waals surface area contributed by atoms with E-state index in [9.17, 15) is 19.5 Å². The smallest absolute Gasteiger partial charge is 0.411 e. The quantitative estimate of drug-likeness (QED) is 0.541. The van der Waals surface area contributed by atoms with Crippen LogP contribution in [0.25, 0.3) is 11.1 Å². The predicted molar refractivity (Wildman–Crippen MR) is 135 cm³/mol. The Hall–Kier alpha value is -3.78. The number of aliphatic carboxylic acids is 1. The van der Waals surface area contributed by atoms with Crippen LogP contribution in [0.1, 0.15) is 27.4 Å². The fraction of sp³-hybridized carbons (Fsp3) is 0.222. The molecule has 35 heavy (non-hydrogen) atoms. The van der Waals surface area contributed by atoms with E-state index in [1.165, 1.54) is 11.8 Å². The van der Waals surface area contributed by atoms with Crippen molar-refractivity contribution < 1.29 is 24.2 Å². The van der Waals surface area contributed by atoms with E-state index in [1.807, 2.05) is 24.3 Å². The van der Waals surface area contributed by atoms with E-state index in [0.29, 0.717) is 23.5 Å². The molecule has 1 heterocycles. The molecule has 0 radical (unpaired) electrons. The third kappa shape index (κ3) is 4.74. The SMILES string of the molecule is O=C(Nc1cccc(C(=O)N2CCSC(C(=O)O)C2)c1)OCC1c2ccccc2-c2ccccc21. The van der Waals surface area contributed by atoms with Crippen LogP contribution in [0.2, 0.25) is 0 Å². The van der Waals surface area contributed by atoms with Gasteiger partial charge in [0, 0.05) is 36.0 Å². The monoisotopic (exact) mass is 488 g/mol. The number of hydrogen-bond donors (Lipinski definition) is 2. The molecule has 0 spiro atoms. The molecule has 8 heteroatoms. The van der Waals surface area contributed by atoms with E-state index < -0.39 is 17.3 Å². The van der Waals surface area contributed by atoms with Gasteiger partial charge in [0.2, 0.25) is 0 Å². The lowest BCUT2D eigenvalue weighted by atomic mass is 9.98. The molecule has 2 N–H and O–H groups in total. The highest BCUT2D eigenvalue weighted by Gasteiger charge is 2.30. The first-order chi connectivity index (χ1) is 17.0. The Kier molecular flexibility index (Phi) is 6.46. The molecule has 1 atom stereocenters. The Morgan fingerprint density at radius 1 is 0.971 bits per heavy atom. The minimum Gasteiger partial charge on any atom is -0.480 e. The second kappa shape index (κ2) is 9.84. The van der Waals surface area contributed by atoms with Crippen molar-refractivity contribution >= 4 is 35.4 Å². The molecule has 0 bridgehead atoms. The molecule has 0 saturated carbocycles. The molecule has 3 aromatic rings. The molecule has 1 saturated heterocycles. The number of amides is 2. The number of carbonyl (C=O) groups is 3. The van der Waals surface area contributed by atoms with E-state index in [4.69, 9.17) is 4.74 Å². The minimum absolute atomic E-state index is 0.0415. The van der Waals surface area contributed by atoms with Crippen molar-refractivity contribution in [2.75, 3.05) is 30.8 Å². The molecule has 1 fully saturated rings. The maximum absolute atomic E-state index is 12.9. The Bertz CT molecular complexity index is 1250. The van der Waals surface area contributed by atoms with E-state index in [-0.39, 0.29) is 25.0 Å². The lowest BCUT2D eigenvalue weighted by Crippen LogP contribution is -2.44. The van der Waals surface area contributed by atoms with Crippen LogP contribution in [0.5, 0.6) is 0 Å². The number of anilines is 1. The van der Waals surface area contributed by atoms with Crippen LogP contribution >= 0.6 is 11.8 Å². The van der Waals surface area contributed by atoms with Gasteiger partial charge in [-0.25, -0.2) is 4.79 Å². The van der Waals surface area contributed by atoms with Gasteiger partial charge in [0.1, 0.15) is 11.9 Å². The number of nitrogens with zero attached hydrogens (tertiary/aromatic N) is 1. The highest BCUT2D eigenvalue weighted by atomic mass is 32.2. The van der Waals surface area contributed by atoms with Gasteiger partial charge in [-0.1, -0.05) is 54.6 Å². The van der Waals surface area contributed by atoms with E-state index in [1.54, 1.807) is 29.2 Å². The number of nitrogens with one attached hydrogen (secondary N) is 1. The van der Waals surface area contributed by atoms with E-state index in [0.717, 1.165) is 22.3 Å². The van der Waals surface area contributed by atoms with Crippen LogP contribution in [0.15, 0.2) is 72.8 Å². The normalized spacial score (nSPS) is 16.8. The topological polar surface area (TPSA) is 95.9 Å². The van der Waals surface area contributed by atoms with Gasteiger partial charge in [0.05, 0.1) is 0 Å². The van der Waals surface area contributed by atoms with Crippen LogP contribution in [0.3, 0.4) is 0 Å². The summed E-state index contributed by atoms with van der Waals surface area (Å²) in [7, 11) is 0. The number of hydrogen-bond acceptors (Lipinski definition) is 5. The summed E-state index contributed by atoms with van der Waals surface area (Å²) >= 11 is 1.34. The summed E-state index contributed by atoms with van der Waals surface area (Å²) in [5, 5.41) is 11.3. The number of carbonyl (C=O) groups excluding carboxylic acids is 2. The molecule has 0 aromatic heterocycles. The first-order valence-electron chi connectivity index (χ1n) is 11.4. The molecule has 1 unspecified atom stereocenters. The standard InChI is InChI=1S/C27H24N2O5S/c30-25(29-12-13-35-24(15-29)26(31)32)17-6-5-7-18(14-17)28-27(33)34-16-23-21-10-3-1-8-19(21)20-9-2-4-11-22(20)23/h1-11,14,23-24H,12-13,15-16H2,(H,28,33)(H,31,32). The number of fused-ring (bicyclic) bond motifs is 3. The zero-order valence-electron chi connectivity index (χ0n) is 18.8. The summed E-state index contributed by atoms with van der Waals surface area (Å²) in [6.45, 7) is 0.834. The summed E-state index contributed by atoms with van der Waals surface area (Å²) in [4.78, 5) is 38.4. The molecule has 2 amide bonds. The maximum atomic E-state index is 12.9. The third-order valence-electron chi connectivity index (χ3n) is 6.33. The summed E-state index contributed by atoms with van der Waals surface area (Å²) < 4.78 is 5.59. The number of carboxylic acid groups (broad SMARTS) is 1. The molecular weight excluding hydrogens is 464 g/mol. The molecule has 178 valence electrons. The molecule has 3 aromatic carbocycles. The number of ether oxygens (including phenoxy) is 1. The van der Waals surface area contributed by atoms with Crippen LogP contribution in [-0.2, 0) is 9.53 Å². The van der Waals surface area contributed by atoms with Crippen LogP contribution in [0, 0.1) is 0 Å². The summed E-state index contributed by atoms with van der Waals surface area (Å²) in [5.74, 6) is -0.647. The van der Waals surface area contributed by atoms with E-state index in [2.05, 4.69) is 29.6 Å². The van der Waals surface area contributed by atoms with Gasteiger partial charge in [-0.15, -0.1) is 11.8 Å². The van der Waals surface area contributed by atoms with Crippen molar-refractivity contribution in [1.82, 2.24) is 4.90 Å². The molecule has 2 aliphatic rings. The lowest BCUT2D eigenvalue weighted by Gasteiger charge is -2.30. The van der Waals surface area contributed by atoms with Crippen molar-refractivity contribution in [3.05, 3.63) is 89.5 Å². The Labute approximate surface area is 207 Å². The van der Waals surface area contributed by atoms with Gasteiger partial charge in [0.25, 0.3) is 5.91 Å². The summed E-state index contributed by atoms with van der Waals surface area (Å²) in [5.41, 5.74) is 5.41. The lowest BCUT2D eigenvalue weighted by molar-refractivity contribution is -0.136. The second-order valence-corrected chi connectivity index (χ2v) is 9.79. The summed E-state index contributed by atoms with van der Waals surface area (Å²) in [6.07, 6.45) is -0.600. The zero-order valence-corrected chi connectivity index (χ0v) is 19.7. The summed E-state index contributed by atoms with van der Waals surface area (Å²) in [6, 6.07) is 22.9. The van der Waals surface area contributed by atoms with Gasteiger partial charge in [0.15, 0.2) is 0 Å². The first-order valence-corrected chi connectivity index (χ1v) is 12.4. The van der Waals surface area contributed by atoms with Gasteiger partial charge in [-0.05, 0) is 40.5 Å². The van der Waals surface area contributed by atoms with Crippen molar-refractivity contribution in [2.45, 2.75) is 11.2 Å². The average Bonchev–Trinajstić information content (AvgIpc) is 3.21. The Morgan fingerprint density at radius 2 is 1.66 bits per heavy atom. The van der Waals surface area contributed by atoms with E-state index >= 15 is 0 Å². The fourth-order valence-corrected chi connectivity index (χ4v) is 5.69. The highest BCUT2D eigenvalue weighted by Crippen LogP contribution is 2.44. The predicted octanol–water partition coefficient (Wildman–Crippen LogP) is 4.69. The highest BCUT2D eigenvalue weighted by molar-refractivity contribution is 8.00. The molecule has 1 aliphatic heterocycles. The van der Waals surface area contributed by atoms with Gasteiger partial charge >= 0.3 is 12.1 Å². The zero-order chi connectivity index (χ0) is 24.4. The Morgan fingerprint density at radius 3 is 2.34 bits per heavy atom. The molecule has 5 rings (SSSR count). The number of thioether (sulfide) groups is 1. The number of carboxylic acids is 1. The maximum Gasteiger partial charge on any atom is 0.411 e. The van der Waals surface area contributed by atoms with Crippen molar-refractivity contribution in [3.63, 3.8) is 0 Å². The molecule has 1 aliphatic carbocycles. The molecule has 7 nitrogen and oxygen atoms in total. The first kappa shape index (κ1) is 23.0. The second-order valence-electron chi connectivity index (χ2n) is 8.48. The Balaban J connectivity index is 1.23. The van der Waals surface area contributed by atoms with Crippen LogP contribution in [0.4, 0.5) is 10.5 Å². The van der Waals surface area contributed by atoms with Crippen molar-refractivity contribution in [3.8, 4) is 11.1 Å². The van der Waals surface area contributed by atoms with Crippen LogP contribution < -0.4 is 5.32 Å². The fourth-order valence-electron chi connectivity index (χ4n) is 4.65. The minimum atomic E-state index is -0.918. The third-order valence-corrected chi connectivity index (χ3v) is 7.50. The number of rotatable bonds is 5. The van der Waals surface area contributed by atoms with Crippen LogP contribution in [-0.4, -0.2) is 58.7 Å².